The van der Waals surface area contributed by atoms with Crippen LogP contribution in [0.2, 0.25) is 0 Å². The predicted molar refractivity (Wildman–Crippen MR) is 117 cm³/mol. The van der Waals surface area contributed by atoms with E-state index >= 15 is 0 Å². The zero-order valence-electron chi connectivity index (χ0n) is 18.3. The van der Waals surface area contributed by atoms with Gasteiger partial charge in [-0.25, -0.2) is 4.79 Å². The van der Waals surface area contributed by atoms with E-state index in [-0.39, 0.29) is 25.3 Å². The number of carboxylic acid groups (broad SMARTS) is 1. The molecule has 0 saturated carbocycles. The summed E-state index contributed by atoms with van der Waals surface area (Å²) in [6, 6.07) is -3.41. The van der Waals surface area contributed by atoms with Crippen LogP contribution in [0.25, 0.3) is 0 Å². The molecule has 14 nitrogen and oxygen atoms in total. The van der Waals surface area contributed by atoms with Crippen molar-refractivity contribution >= 4 is 29.7 Å². The van der Waals surface area contributed by atoms with Crippen molar-refractivity contribution in [3.8, 4) is 0 Å². The number of aliphatic hydroxyl groups excluding tert-OH is 1. The van der Waals surface area contributed by atoms with Gasteiger partial charge in [-0.05, 0) is 45.6 Å². The normalized spacial score (nSPS) is 14.4. The molecule has 0 aliphatic heterocycles. The number of hydrogen-bond acceptors (Lipinski definition) is 8. The molecule has 0 radical (unpaired) electrons. The molecule has 0 bridgehead atoms. The van der Waals surface area contributed by atoms with Gasteiger partial charge < -0.3 is 49.1 Å². The van der Waals surface area contributed by atoms with Crippen LogP contribution in [-0.2, 0) is 19.2 Å². The fourth-order valence-corrected chi connectivity index (χ4v) is 2.55. The molecule has 0 aromatic rings. The Morgan fingerprint density at radius 3 is 2.12 bits per heavy atom. The minimum atomic E-state index is -1.24. The maximum Gasteiger partial charge on any atom is 0.326 e. The molecule has 0 fully saturated rings. The van der Waals surface area contributed by atoms with Crippen LogP contribution in [0.1, 0.15) is 39.0 Å². The summed E-state index contributed by atoms with van der Waals surface area (Å²) in [5.74, 6) is -3.45. The highest BCUT2D eigenvalue weighted by atomic mass is 16.4. The number of nitrogens with zero attached hydrogens (tertiary/aromatic N) is 1. The lowest BCUT2D eigenvalue weighted by Crippen LogP contribution is -2.55. The number of carbonyl (C=O) groups is 4. The van der Waals surface area contributed by atoms with Gasteiger partial charge in [0.2, 0.25) is 17.7 Å². The first-order chi connectivity index (χ1) is 15.0. The largest absolute Gasteiger partial charge is 0.480 e. The van der Waals surface area contributed by atoms with E-state index in [1.165, 1.54) is 6.92 Å². The number of carboxylic acids is 1. The number of carbonyl (C=O) groups excluding carboxylic acids is 3. The van der Waals surface area contributed by atoms with Gasteiger partial charge in [-0.2, -0.15) is 0 Å². The maximum absolute atomic E-state index is 12.5. The van der Waals surface area contributed by atoms with Crippen molar-refractivity contribution < 1.29 is 29.4 Å². The molecule has 32 heavy (non-hydrogen) atoms. The van der Waals surface area contributed by atoms with Gasteiger partial charge in [0.1, 0.15) is 18.1 Å². The minimum Gasteiger partial charge on any atom is -0.480 e. The van der Waals surface area contributed by atoms with E-state index in [2.05, 4.69) is 20.9 Å². The average molecular weight is 461 g/mol. The number of amides is 3. The lowest BCUT2D eigenvalue weighted by molar-refractivity contribution is -0.142. The van der Waals surface area contributed by atoms with Crippen LogP contribution in [0.4, 0.5) is 0 Å². The van der Waals surface area contributed by atoms with E-state index in [1.54, 1.807) is 0 Å². The fourth-order valence-electron chi connectivity index (χ4n) is 2.55. The Morgan fingerprint density at radius 1 is 0.969 bits per heavy atom. The molecule has 0 spiro atoms. The second-order valence-electron chi connectivity index (χ2n) is 7.24. The molecule has 0 aliphatic carbocycles. The Bertz CT molecular complexity index is 653. The molecule has 184 valence electrons. The van der Waals surface area contributed by atoms with E-state index in [0.29, 0.717) is 25.8 Å². The summed E-state index contributed by atoms with van der Waals surface area (Å²) in [5, 5.41) is 25.8. The monoisotopic (exact) mass is 460 g/mol. The molecule has 0 saturated heterocycles. The number of aliphatic imine (C=N–C) groups is 1. The lowest BCUT2D eigenvalue weighted by Gasteiger charge is -2.22. The first kappa shape index (κ1) is 29.0. The highest BCUT2D eigenvalue weighted by Gasteiger charge is 2.26. The smallest absolute Gasteiger partial charge is 0.326 e. The molecule has 0 heterocycles. The summed E-state index contributed by atoms with van der Waals surface area (Å²) in [6.45, 7) is 1.45. The van der Waals surface area contributed by atoms with Crippen molar-refractivity contribution in [1.29, 1.82) is 0 Å². The number of aliphatic carboxylic acids is 1. The van der Waals surface area contributed by atoms with Gasteiger partial charge in [0.05, 0.1) is 12.6 Å². The van der Waals surface area contributed by atoms with Crippen molar-refractivity contribution in [3.05, 3.63) is 0 Å². The molecule has 0 aromatic carbocycles. The Labute approximate surface area is 186 Å². The topological polar surface area (TPSA) is 261 Å². The number of aliphatic hydroxyl groups is 1. The van der Waals surface area contributed by atoms with Crippen LogP contribution in [0.5, 0.6) is 0 Å². The third-order valence-electron chi connectivity index (χ3n) is 4.40. The summed E-state index contributed by atoms with van der Waals surface area (Å²) in [4.78, 5) is 51.7. The van der Waals surface area contributed by atoms with Gasteiger partial charge in [-0.15, -0.1) is 0 Å². The van der Waals surface area contributed by atoms with E-state index in [9.17, 15) is 29.4 Å². The van der Waals surface area contributed by atoms with Crippen LogP contribution in [-0.4, -0.2) is 83.7 Å². The number of rotatable bonds is 16. The number of hydrogen-bond donors (Lipinski definition) is 9. The van der Waals surface area contributed by atoms with Crippen molar-refractivity contribution in [1.82, 2.24) is 16.0 Å². The summed E-state index contributed by atoms with van der Waals surface area (Å²) in [7, 11) is 0. The van der Waals surface area contributed by atoms with Gasteiger partial charge in [-0.3, -0.25) is 19.4 Å². The van der Waals surface area contributed by atoms with Crippen molar-refractivity contribution in [2.24, 2.45) is 27.9 Å². The van der Waals surface area contributed by atoms with E-state index < -0.39 is 54.5 Å². The van der Waals surface area contributed by atoms with Crippen molar-refractivity contribution in [3.63, 3.8) is 0 Å². The van der Waals surface area contributed by atoms with Gasteiger partial charge in [0.25, 0.3) is 0 Å². The first-order valence-electron chi connectivity index (χ1n) is 10.3. The van der Waals surface area contributed by atoms with Crippen molar-refractivity contribution in [2.45, 2.75) is 63.3 Å². The van der Waals surface area contributed by atoms with Crippen molar-refractivity contribution in [2.75, 3.05) is 19.6 Å². The zero-order valence-corrected chi connectivity index (χ0v) is 18.3. The SMILES string of the molecule is CC(O)C(N)C(=O)NC(CCCCN)C(=O)NCC(=O)NC(CCCN=C(N)N)C(=O)O. The number of nitrogens with two attached hydrogens (primary N) is 4. The lowest BCUT2D eigenvalue weighted by atomic mass is 10.1. The number of nitrogens with one attached hydrogen (secondary N) is 3. The van der Waals surface area contributed by atoms with E-state index in [1.807, 2.05) is 0 Å². The summed E-state index contributed by atoms with van der Waals surface area (Å²) in [6.07, 6.45) is 0.672. The van der Waals surface area contributed by atoms with E-state index in [0.717, 1.165) is 0 Å². The molecule has 4 atom stereocenters. The second-order valence-corrected chi connectivity index (χ2v) is 7.24. The quantitative estimate of drug-likeness (QED) is 0.0612. The average Bonchev–Trinajstić information content (AvgIpc) is 2.72. The molecule has 13 N–H and O–H groups in total. The molecule has 4 unspecified atom stereocenters. The molecule has 14 heteroatoms. The van der Waals surface area contributed by atoms with Crippen LogP contribution in [0.15, 0.2) is 4.99 Å². The molecule has 3 amide bonds. The van der Waals surface area contributed by atoms with Gasteiger partial charge in [0, 0.05) is 6.54 Å². The van der Waals surface area contributed by atoms with Crippen LogP contribution >= 0.6 is 0 Å². The molecule has 0 aliphatic rings. The predicted octanol–water partition coefficient (Wildman–Crippen LogP) is -3.95. The summed E-state index contributed by atoms with van der Waals surface area (Å²) < 4.78 is 0. The van der Waals surface area contributed by atoms with Crippen LogP contribution in [0, 0.1) is 0 Å². The molecular formula is C18H36N8O6. The highest BCUT2D eigenvalue weighted by molar-refractivity contribution is 5.92. The Balaban J connectivity index is 4.80. The Kier molecular flexibility index (Phi) is 14.3. The number of unbranched alkanes of at least 4 members (excludes halogenated alkanes) is 1. The third-order valence-corrected chi connectivity index (χ3v) is 4.40. The third kappa shape index (κ3) is 12.7. The Hall–Kier alpha value is -2.97. The van der Waals surface area contributed by atoms with Gasteiger partial charge in [0.15, 0.2) is 5.96 Å². The minimum absolute atomic E-state index is 0.0841. The molecular weight excluding hydrogens is 424 g/mol. The van der Waals surface area contributed by atoms with E-state index in [4.69, 9.17) is 22.9 Å². The number of guanidine groups is 1. The van der Waals surface area contributed by atoms with Crippen LogP contribution < -0.4 is 38.9 Å². The van der Waals surface area contributed by atoms with Crippen LogP contribution in [0.3, 0.4) is 0 Å². The highest BCUT2D eigenvalue weighted by Crippen LogP contribution is 2.03. The zero-order chi connectivity index (χ0) is 24.7. The first-order valence-corrected chi connectivity index (χ1v) is 10.3. The fraction of sp³-hybridized carbons (Fsp3) is 0.722. The second kappa shape index (κ2) is 15.8. The Morgan fingerprint density at radius 2 is 1.59 bits per heavy atom. The molecule has 0 aromatic heterocycles. The summed E-state index contributed by atoms with van der Waals surface area (Å²) >= 11 is 0. The molecule has 0 rings (SSSR count). The van der Waals surface area contributed by atoms with Gasteiger partial charge >= 0.3 is 5.97 Å². The summed E-state index contributed by atoms with van der Waals surface area (Å²) in [5.41, 5.74) is 21.4. The maximum atomic E-state index is 12.5. The standard InChI is InChI=1S/C18H36N8O6/c1-10(27)14(20)16(30)26-11(5-2-3-7-19)15(29)24-9-13(28)25-12(17(31)32)6-4-8-23-18(21)22/h10-12,14,27H,2-9,19-20H2,1H3,(H,24,29)(H,25,28)(H,26,30)(H,31,32)(H4,21,22,23). The van der Waals surface area contributed by atoms with Gasteiger partial charge in [-0.1, -0.05) is 0 Å².